The quantitative estimate of drug-likeness (QED) is 0.335. The van der Waals surface area contributed by atoms with Gasteiger partial charge in [-0.05, 0) is 30.5 Å². The number of hydrogen-bond acceptors (Lipinski definition) is 8. The smallest absolute Gasteiger partial charge is 0.267 e. The summed E-state index contributed by atoms with van der Waals surface area (Å²) in [4.78, 5) is 25.9. The molecule has 35 heavy (non-hydrogen) atoms. The van der Waals surface area contributed by atoms with Crippen molar-refractivity contribution in [2.24, 2.45) is 0 Å². The second-order valence-corrected chi connectivity index (χ2v) is 8.57. The highest BCUT2D eigenvalue weighted by Crippen LogP contribution is 2.22. The molecule has 0 fully saturated rings. The van der Waals surface area contributed by atoms with Crippen molar-refractivity contribution in [2.75, 3.05) is 13.2 Å². The van der Waals surface area contributed by atoms with Crippen LogP contribution < -0.4 is 15.6 Å². The van der Waals surface area contributed by atoms with E-state index in [0.29, 0.717) is 23.0 Å². The molecule has 0 saturated heterocycles. The van der Waals surface area contributed by atoms with Crippen molar-refractivity contribution in [3.63, 3.8) is 0 Å². The molecule has 1 atom stereocenters. The SMILES string of the molecule is CC(C(=O)NCCOc1ccc2nnc(-c3ccccc3)n2n1)n1nc(-c2cccs2)ccc1=O. The van der Waals surface area contributed by atoms with Crippen LogP contribution in [0.5, 0.6) is 5.88 Å². The number of rotatable bonds is 8. The molecule has 5 rings (SSSR count). The molecule has 0 radical (unpaired) electrons. The minimum absolute atomic E-state index is 0.192. The van der Waals surface area contributed by atoms with Crippen LogP contribution in [-0.2, 0) is 4.79 Å². The van der Waals surface area contributed by atoms with E-state index in [9.17, 15) is 9.59 Å². The molecule has 11 heteroatoms. The summed E-state index contributed by atoms with van der Waals surface area (Å²) in [7, 11) is 0. The van der Waals surface area contributed by atoms with E-state index in [2.05, 4.69) is 25.7 Å². The molecule has 0 bridgehead atoms. The highest BCUT2D eigenvalue weighted by atomic mass is 32.1. The highest BCUT2D eigenvalue weighted by Gasteiger charge is 2.18. The summed E-state index contributed by atoms with van der Waals surface area (Å²) in [6, 6.07) is 19.2. The molecule has 1 N–H and O–H groups in total. The maximum atomic E-state index is 12.6. The van der Waals surface area contributed by atoms with Gasteiger partial charge in [0.2, 0.25) is 11.8 Å². The number of hydrogen-bond donors (Lipinski definition) is 1. The molecule has 0 aliphatic heterocycles. The fourth-order valence-electron chi connectivity index (χ4n) is 3.46. The summed E-state index contributed by atoms with van der Waals surface area (Å²) < 4.78 is 8.52. The summed E-state index contributed by atoms with van der Waals surface area (Å²) in [5, 5.41) is 21.9. The number of ether oxygens (including phenoxy) is 1. The number of amides is 1. The predicted molar refractivity (Wildman–Crippen MR) is 131 cm³/mol. The summed E-state index contributed by atoms with van der Waals surface area (Å²) in [5.74, 6) is 0.648. The van der Waals surface area contributed by atoms with E-state index in [1.165, 1.54) is 22.1 Å². The van der Waals surface area contributed by atoms with Crippen LogP contribution in [0.15, 0.2) is 76.9 Å². The van der Waals surface area contributed by atoms with Crippen LogP contribution >= 0.6 is 11.3 Å². The second-order valence-electron chi connectivity index (χ2n) is 7.63. The van der Waals surface area contributed by atoms with E-state index in [-0.39, 0.29) is 24.6 Å². The first-order valence-electron chi connectivity index (χ1n) is 10.9. The third kappa shape index (κ3) is 4.80. The van der Waals surface area contributed by atoms with Crippen molar-refractivity contribution in [1.82, 2.24) is 34.9 Å². The molecule has 176 valence electrons. The normalized spacial score (nSPS) is 11.9. The third-order valence-electron chi connectivity index (χ3n) is 5.27. The Morgan fingerprint density at radius 3 is 2.69 bits per heavy atom. The molecule has 1 amide bonds. The lowest BCUT2D eigenvalue weighted by atomic mass is 10.2. The molecule has 5 aromatic rings. The molecule has 4 aromatic heterocycles. The van der Waals surface area contributed by atoms with E-state index in [1.54, 1.807) is 29.6 Å². The highest BCUT2D eigenvalue weighted by molar-refractivity contribution is 7.13. The maximum absolute atomic E-state index is 12.6. The second kappa shape index (κ2) is 9.85. The first-order valence-corrected chi connectivity index (χ1v) is 11.8. The predicted octanol–water partition coefficient (Wildman–Crippen LogP) is 2.83. The van der Waals surface area contributed by atoms with Crippen LogP contribution in [0.4, 0.5) is 0 Å². The van der Waals surface area contributed by atoms with Gasteiger partial charge in [0.1, 0.15) is 18.3 Å². The largest absolute Gasteiger partial charge is 0.475 e. The zero-order valence-corrected chi connectivity index (χ0v) is 19.6. The topological polar surface area (TPSA) is 116 Å². The van der Waals surface area contributed by atoms with Gasteiger partial charge < -0.3 is 10.1 Å². The van der Waals surface area contributed by atoms with E-state index < -0.39 is 6.04 Å². The molecule has 1 unspecified atom stereocenters. The number of carbonyl (C=O) groups is 1. The van der Waals surface area contributed by atoms with Gasteiger partial charge in [-0.1, -0.05) is 36.4 Å². The summed E-state index contributed by atoms with van der Waals surface area (Å²) in [6.45, 7) is 2.06. The zero-order chi connectivity index (χ0) is 24.2. The van der Waals surface area contributed by atoms with E-state index >= 15 is 0 Å². The number of fused-ring (bicyclic) bond motifs is 1. The Hall–Kier alpha value is -4.38. The van der Waals surface area contributed by atoms with Crippen LogP contribution in [0, 0.1) is 0 Å². The average molecular weight is 488 g/mol. The number of thiophene rings is 1. The fourth-order valence-corrected chi connectivity index (χ4v) is 4.15. The van der Waals surface area contributed by atoms with Crippen molar-refractivity contribution in [3.8, 4) is 27.8 Å². The first kappa shape index (κ1) is 22.4. The van der Waals surface area contributed by atoms with E-state index in [0.717, 1.165) is 10.4 Å². The summed E-state index contributed by atoms with van der Waals surface area (Å²) in [6.07, 6.45) is 0. The Balaban J connectivity index is 1.20. The Kier molecular flexibility index (Phi) is 6.31. The Morgan fingerprint density at radius 1 is 1.03 bits per heavy atom. The standard InChI is InChI=1S/C24H21N7O3S/c1-16(30-22(32)12-9-18(28-30)19-8-5-15-35-19)24(33)25-13-14-34-21-11-10-20-26-27-23(31(20)29-21)17-6-3-2-4-7-17/h2-12,15-16H,13-14H2,1H3,(H,25,33). The molecule has 0 spiro atoms. The van der Waals surface area contributed by atoms with E-state index in [1.807, 2.05) is 47.8 Å². The molecule has 0 aliphatic carbocycles. The molecule has 1 aromatic carbocycles. The molecule has 0 saturated carbocycles. The minimum atomic E-state index is -0.776. The fraction of sp³-hybridized carbons (Fsp3) is 0.167. The van der Waals surface area contributed by atoms with Crippen molar-refractivity contribution < 1.29 is 9.53 Å². The van der Waals surface area contributed by atoms with Gasteiger partial charge in [-0.2, -0.15) is 9.61 Å². The number of nitrogens with zero attached hydrogens (tertiary/aromatic N) is 6. The average Bonchev–Trinajstić information content (AvgIpc) is 3.57. The molecular weight excluding hydrogens is 466 g/mol. The lowest BCUT2D eigenvalue weighted by molar-refractivity contribution is -0.124. The third-order valence-corrected chi connectivity index (χ3v) is 6.16. The summed E-state index contributed by atoms with van der Waals surface area (Å²) in [5.41, 5.74) is 1.79. The van der Waals surface area contributed by atoms with Gasteiger partial charge >= 0.3 is 0 Å². The van der Waals surface area contributed by atoms with Crippen molar-refractivity contribution in [2.45, 2.75) is 13.0 Å². The number of benzene rings is 1. The van der Waals surface area contributed by atoms with Gasteiger partial charge in [0.05, 0.1) is 11.4 Å². The van der Waals surface area contributed by atoms with Crippen molar-refractivity contribution in [1.29, 1.82) is 0 Å². The van der Waals surface area contributed by atoms with Gasteiger partial charge in [-0.25, -0.2) is 4.68 Å². The Bertz CT molecular complexity index is 1510. The van der Waals surface area contributed by atoms with Crippen molar-refractivity contribution in [3.05, 3.63) is 82.5 Å². The lowest BCUT2D eigenvalue weighted by Crippen LogP contribution is -2.38. The van der Waals surface area contributed by atoms with Gasteiger partial charge in [0.15, 0.2) is 11.5 Å². The maximum Gasteiger partial charge on any atom is 0.267 e. The van der Waals surface area contributed by atoms with Crippen LogP contribution in [0.1, 0.15) is 13.0 Å². The van der Waals surface area contributed by atoms with Gasteiger partial charge in [0, 0.05) is 17.7 Å². The lowest BCUT2D eigenvalue weighted by Gasteiger charge is -2.15. The monoisotopic (exact) mass is 487 g/mol. The van der Waals surface area contributed by atoms with Crippen LogP contribution in [-0.4, -0.2) is 48.7 Å². The molecular formula is C24H21N7O3S. The van der Waals surface area contributed by atoms with Crippen LogP contribution in [0.2, 0.25) is 0 Å². The molecule has 4 heterocycles. The van der Waals surface area contributed by atoms with Gasteiger partial charge in [-0.15, -0.1) is 26.6 Å². The number of nitrogens with one attached hydrogen (secondary N) is 1. The molecule has 0 aliphatic rings. The Morgan fingerprint density at radius 2 is 1.89 bits per heavy atom. The first-order chi connectivity index (χ1) is 17.1. The zero-order valence-electron chi connectivity index (χ0n) is 18.7. The van der Waals surface area contributed by atoms with Crippen LogP contribution in [0.25, 0.3) is 27.6 Å². The minimum Gasteiger partial charge on any atom is -0.475 e. The van der Waals surface area contributed by atoms with Gasteiger partial charge in [0.25, 0.3) is 5.56 Å². The van der Waals surface area contributed by atoms with Crippen LogP contribution in [0.3, 0.4) is 0 Å². The number of carbonyl (C=O) groups excluding carboxylic acids is 1. The Labute approximate surface area is 203 Å². The van der Waals surface area contributed by atoms with Crippen molar-refractivity contribution >= 4 is 22.9 Å². The summed E-state index contributed by atoms with van der Waals surface area (Å²) >= 11 is 1.52. The number of aromatic nitrogens is 6. The van der Waals surface area contributed by atoms with Gasteiger partial charge in [-0.3, -0.25) is 9.59 Å². The van der Waals surface area contributed by atoms with E-state index in [4.69, 9.17) is 4.74 Å². The molecule has 10 nitrogen and oxygen atoms in total.